The number of aliphatic imine (C=N–C) groups is 1. The zero-order chi connectivity index (χ0) is 16.5. The molecule has 2 N–H and O–H groups in total. The summed E-state index contributed by atoms with van der Waals surface area (Å²) in [7, 11) is 0. The van der Waals surface area contributed by atoms with E-state index in [2.05, 4.69) is 4.99 Å². The number of carbonyl (C=O) groups excluding carboxylic acids is 3. The number of nitrogens with two attached hydrogens (primary N) is 1. The molecule has 22 heavy (non-hydrogen) atoms. The molecule has 0 aliphatic heterocycles. The maximum Gasteiger partial charge on any atom is 0.289 e. The SMILES string of the molecule is NC(=O)c1ccccc1Cl.O=C=NC(=O)c1ccccc1Cl. The van der Waals surface area contributed by atoms with E-state index >= 15 is 0 Å². The second-order valence-corrected chi connectivity index (χ2v) is 4.65. The van der Waals surface area contributed by atoms with Gasteiger partial charge in [0.2, 0.25) is 12.0 Å². The maximum atomic E-state index is 11.0. The van der Waals surface area contributed by atoms with Crippen LogP contribution in [0.25, 0.3) is 0 Å². The van der Waals surface area contributed by atoms with Gasteiger partial charge in [0.15, 0.2) is 0 Å². The summed E-state index contributed by atoms with van der Waals surface area (Å²) < 4.78 is 0. The molecule has 2 rings (SSSR count). The number of hydrogen-bond donors (Lipinski definition) is 1. The van der Waals surface area contributed by atoms with Crippen LogP contribution in [0.4, 0.5) is 0 Å². The van der Waals surface area contributed by atoms with Gasteiger partial charge in [0.25, 0.3) is 5.91 Å². The molecule has 2 amide bonds. The fraction of sp³-hybridized carbons (Fsp3) is 0. The molecule has 0 heterocycles. The molecule has 0 bridgehead atoms. The Hall–Kier alpha value is -2.46. The van der Waals surface area contributed by atoms with Crippen molar-refractivity contribution >= 4 is 41.1 Å². The van der Waals surface area contributed by atoms with Crippen LogP contribution in [0.1, 0.15) is 20.7 Å². The lowest BCUT2D eigenvalue weighted by molar-refractivity contribution is 0.0993. The highest BCUT2D eigenvalue weighted by Crippen LogP contribution is 2.15. The lowest BCUT2D eigenvalue weighted by atomic mass is 10.2. The van der Waals surface area contributed by atoms with Crippen LogP contribution >= 0.6 is 23.2 Å². The standard InChI is InChI=1S/C8H4ClNO2.C7H6ClNO/c9-7-4-2-1-3-6(7)8(12)10-5-11;8-6-4-2-1-3-5(6)7(9)10/h1-4H;1-4H,(H2,9,10). The van der Waals surface area contributed by atoms with Gasteiger partial charge in [-0.1, -0.05) is 47.5 Å². The smallest absolute Gasteiger partial charge is 0.289 e. The molecule has 0 saturated heterocycles. The lowest BCUT2D eigenvalue weighted by Crippen LogP contribution is -2.10. The second-order valence-electron chi connectivity index (χ2n) is 3.83. The first-order valence-corrected chi connectivity index (χ1v) is 6.64. The number of rotatable bonds is 2. The summed E-state index contributed by atoms with van der Waals surface area (Å²) in [4.78, 5) is 34.2. The van der Waals surface area contributed by atoms with E-state index in [0.717, 1.165) is 6.08 Å². The summed E-state index contributed by atoms with van der Waals surface area (Å²) in [6, 6.07) is 13.0. The van der Waals surface area contributed by atoms with E-state index in [0.29, 0.717) is 10.6 Å². The Balaban J connectivity index is 0.000000224. The van der Waals surface area contributed by atoms with Gasteiger partial charge in [-0.05, 0) is 24.3 Å². The van der Waals surface area contributed by atoms with E-state index in [1.807, 2.05) is 0 Å². The fourth-order valence-corrected chi connectivity index (χ4v) is 1.84. The number of halogens is 2. The highest BCUT2D eigenvalue weighted by molar-refractivity contribution is 6.34. The van der Waals surface area contributed by atoms with E-state index in [1.54, 1.807) is 42.5 Å². The Morgan fingerprint density at radius 1 is 0.909 bits per heavy atom. The molecule has 0 saturated carbocycles. The van der Waals surface area contributed by atoms with Crippen LogP contribution in [0.5, 0.6) is 0 Å². The van der Waals surface area contributed by atoms with Crippen molar-refractivity contribution < 1.29 is 14.4 Å². The number of hydrogen-bond acceptors (Lipinski definition) is 3. The highest BCUT2D eigenvalue weighted by atomic mass is 35.5. The topological polar surface area (TPSA) is 89.6 Å². The van der Waals surface area contributed by atoms with Crippen LogP contribution in [0.3, 0.4) is 0 Å². The number of nitrogens with zero attached hydrogens (tertiary/aromatic N) is 1. The van der Waals surface area contributed by atoms with E-state index < -0.39 is 11.8 Å². The molecular weight excluding hydrogens is 327 g/mol. The van der Waals surface area contributed by atoms with Crippen LogP contribution in [0.15, 0.2) is 53.5 Å². The van der Waals surface area contributed by atoms with Crippen LogP contribution < -0.4 is 5.73 Å². The third-order valence-electron chi connectivity index (χ3n) is 2.39. The van der Waals surface area contributed by atoms with E-state index in [-0.39, 0.29) is 10.6 Å². The Bertz CT molecular complexity index is 741. The quantitative estimate of drug-likeness (QED) is 0.674. The van der Waals surface area contributed by atoms with Crippen molar-refractivity contribution in [2.75, 3.05) is 0 Å². The molecule has 5 nitrogen and oxygen atoms in total. The van der Waals surface area contributed by atoms with E-state index in [4.69, 9.17) is 28.9 Å². The van der Waals surface area contributed by atoms with Gasteiger partial charge < -0.3 is 5.73 Å². The number of carbonyl (C=O) groups is 2. The summed E-state index contributed by atoms with van der Waals surface area (Å²) in [5.74, 6) is -1.17. The van der Waals surface area contributed by atoms with Gasteiger partial charge >= 0.3 is 0 Å². The molecule has 7 heteroatoms. The second kappa shape index (κ2) is 8.74. The Morgan fingerprint density at radius 3 is 1.73 bits per heavy atom. The third kappa shape index (κ3) is 5.14. The van der Waals surface area contributed by atoms with Crippen LogP contribution in [0.2, 0.25) is 10.0 Å². The van der Waals surface area contributed by atoms with Crippen LogP contribution in [-0.4, -0.2) is 17.9 Å². The molecule has 0 radical (unpaired) electrons. The first-order valence-electron chi connectivity index (χ1n) is 5.88. The van der Waals surface area contributed by atoms with E-state index in [1.165, 1.54) is 6.07 Å². The first-order chi connectivity index (χ1) is 10.5. The Labute approximate surface area is 136 Å². The predicted octanol–water partition coefficient (Wildman–Crippen LogP) is 3.25. The van der Waals surface area contributed by atoms with Gasteiger partial charge in [-0.25, -0.2) is 4.79 Å². The van der Waals surface area contributed by atoms with E-state index in [9.17, 15) is 14.4 Å². The van der Waals surface area contributed by atoms with Gasteiger partial charge in [0.1, 0.15) is 0 Å². The largest absolute Gasteiger partial charge is 0.366 e. The first kappa shape index (κ1) is 17.6. The Kier molecular flexibility index (Phi) is 6.99. The van der Waals surface area contributed by atoms with Crippen molar-refractivity contribution in [1.82, 2.24) is 0 Å². The van der Waals surface area contributed by atoms with Crippen molar-refractivity contribution in [2.45, 2.75) is 0 Å². The molecule has 0 fully saturated rings. The molecular formula is C15H10Cl2N2O3. The van der Waals surface area contributed by atoms with Gasteiger partial charge in [-0.15, -0.1) is 4.99 Å². The molecule has 0 unspecified atom stereocenters. The van der Waals surface area contributed by atoms with Crippen LogP contribution in [0, 0.1) is 0 Å². The molecule has 112 valence electrons. The number of amides is 2. The lowest BCUT2D eigenvalue weighted by Gasteiger charge is -1.95. The number of primary amides is 1. The molecule has 0 aliphatic rings. The Morgan fingerprint density at radius 2 is 1.36 bits per heavy atom. The van der Waals surface area contributed by atoms with Crippen molar-refractivity contribution in [1.29, 1.82) is 0 Å². The monoisotopic (exact) mass is 336 g/mol. The molecule has 0 aromatic heterocycles. The fourth-order valence-electron chi connectivity index (χ4n) is 1.40. The minimum atomic E-state index is -0.671. The number of benzene rings is 2. The molecule has 0 aliphatic carbocycles. The molecule has 2 aromatic rings. The summed E-state index contributed by atoms with van der Waals surface area (Å²) in [5, 5.41) is 0.677. The van der Waals surface area contributed by atoms with Crippen molar-refractivity contribution in [3.63, 3.8) is 0 Å². The summed E-state index contributed by atoms with van der Waals surface area (Å²) in [6.07, 6.45) is 1.16. The maximum absolute atomic E-state index is 11.0. The van der Waals surface area contributed by atoms with Crippen molar-refractivity contribution in [2.24, 2.45) is 10.7 Å². The van der Waals surface area contributed by atoms with Crippen LogP contribution in [-0.2, 0) is 4.79 Å². The average Bonchev–Trinajstić information content (AvgIpc) is 2.48. The van der Waals surface area contributed by atoms with Crippen molar-refractivity contribution in [3.05, 3.63) is 69.7 Å². The third-order valence-corrected chi connectivity index (χ3v) is 3.05. The minimum Gasteiger partial charge on any atom is -0.366 e. The molecule has 0 atom stereocenters. The summed E-state index contributed by atoms with van der Waals surface area (Å²) in [6.45, 7) is 0. The predicted molar refractivity (Wildman–Crippen MR) is 83.9 cm³/mol. The summed E-state index contributed by atoms with van der Waals surface area (Å²) in [5.41, 5.74) is 5.57. The van der Waals surface area contributed by atoms with Gasteiger partial charge in [-0.2, -0.15) is 0 Å². The van der Waals surface area contributed by atoms with Crippen molar-refractivity contribution in [3.8, 4) is 0 Å². The van der Waals surface area contributed by atoms with Gasteiger partial charge in [-0.3, -0.25) is 9.59 Å². The zero-order valence-corrected chi connectivity index (χ0v) is 12.6. The zero-order valence-electron chi connectivity index (χ0n) is 11.1. The summed E-state index contributed by atoms with van der Waals surface area (Å²) >= 11 is 11.3. The average molecular weight is 337 g/mol. The highest BCUT2D eigenvalue weighted by Gasteiger charge is 2.06. The molecule has 0 spiro atoms. The number of isocyanates is 1. The van der Waals surface area contributed by atoms with Gasteiger partial charge in [0.05, 0.1) is 21.2 Å². The van der Waals surface area contributed by atoms with Gasteiger partial charge in [0, 0.05) is 0 Å². The minimum absolute atomic E-state index is 0.211. The molecule has 2 aromatic carbocycles. The normalized spacial score (nSPS) is 9.00.